The van der Waals surface area contributed by atoms with Crippen molar-refractivity contribution in [1.29, 1.82) is 0 Å². The number of aromatic hydroxyl groups is 1. The third-order valence-corrected chi connectivity index (χ3v) is 5.80. The lowest BCUT2D eigenvalue weighted by molar-refractivity contribution is 0.172. The topological polar surface area (TPSA) is 127 Å². The van der Waals surface area contributed by atoms with Crippen molar-refractivity contribution >= 4 is 10.1 Å². The number of nitrogens with zero attached hydrogens (tertiary/aromatic N) is 3. The van der Waals surface area contributed by atoms with Crippen LogP contribution in [0, 0.1) is 5.82 Å². The number of hydrogen-bond acceptors (Lipinski definition) is 7. The first-order chi connectivity index (χ1) is 16.2. The zero-order valence-electron chi connectivity index (χ0n) is 18.0. The van der Waals surface area contributed by atoms with Gasteiger partial charge in [-0.2, -0.15) is 13.5 Å². The molecule has 0 radical (unpaired) electrons. The normalized spacial score (nSPS) is 13.5. The van der Waals surface area contributed by atoms with Gasteiger partial charge in [0.05, 0.1) is 19.0 Å². The van der Waals surface area contributed by atoms with Crippen LogP contribution in [0.5, 0.6) is 5.75 Å². The third kappa shape index (κ3) is 5.21. The van der Waals surface area contributed by atoms with E-state index in [0.29, 0.717) is 5.56 Å². The van der Waals surface area contributed by atoms with E-state index in [1.807, 2.05) is 30.3 Å². The maximum Gasteiger partial charge on any atom is 0.264 e. The smallest absolute Gasteiger partial charge is 0.264 e. The van der Waals surface area contributed by atoms with Crippen LogP contribution in [0.1, 0.15) is 17.0 Å². The molecule has 0 aliphatic rings. The van der Waals surface area contributed by atoms with Gasteiger partial charge in [-0.25, -0.2) is 9.37 Å². The zero-order valence-corrected chi connectivity index (χ0v) is 18.8. The minimum absolute atomic E-state index is 0.0198. The monoisotopic (exact) mass is 484 g/mol. The van der Waals surface area contributed by atoms with Crippen molar-refractivity contribution in [2.45, 2.75) is 18.6 Å². The predicted octanol–water partition coefficient (Wildman–Crippen LogP) is 2.65. The van der Waals surface area contributed by atoms with Gasteiger partial charge < -0.3 is 9.67 Å². The fraction of sp³-hybridized carbons (Fsp3) is 0.174. The van der Waals surface area contributed by atoms with E-state index in [-0.39, 0.29) is 18.1 Å². The summed E-state index contributed by atoms with van der Waals surface area (Å²) in [4.78, 5) is 16.1. The highest BCUT2D eigenvalue weighted by Crippen LogP contribution is 2.33. The Morgan fingerprint density at radius 2 is 1.79 bits per heavy atom. The first-order valence-corrected chi connectivity index (χ1v) is 12.0. The lowest BCUT2D eigenvalue weighted by atomic mass is 9.86. The van der Waals surface area contributed by atoms with Gasteiger partial charge in [-0.05, 0) is 23.3 Å². The molecule has 0 amide bonds. The zero-order chi connectivity index (χ0) is 24.3. The van der Waals surface area contributed by atoms with Gasteiger partial charge in [-0.1, -0.05) is 42.5 Å². The Morgan fingerprint density at radius 3 is 2.47 bits per heavy atom. The quantitative estimate of drug-likeness (QED) is 0.368. The molecular formula is C23H21FN4O5S. The van der Waals surface area contributed by atoms with Gasteiger partial charge in [0.25, 0.3) is 10.1 Å². The Labute approximate surface area is 194 Å². The van der Waals surface area contributed by atoms with E-state index in [9.17, 15) is 22.7 Å². The molecule has 2 N–H and O–H groups in total. The third-order valence-electron chi connectivity index (χ3n) is 5.20. The number of aromatic amines is 1. The lowest BCUT2D eigenvalue weighted by Crippen LogP contribution is -2.31. The molecule has 0 fully saturated rings. The highest BCUT2D eigenvalue weighted by molar-refractivity contribution is 7.86. The van der Waals surface area contributed by atoms with Crippen LogP contribution in [0.25, 0.3) is 11.5 Å². The molecule has 2 atom stereocenters. The second kappa shape index (κ2) is 9.57. The van der Waals surface area contributed by atoms with Gasteiger partial charge in [0.1, 0.15) is 17.6 Å². The highest BCUT2D eigenvalue weighted by Gasteiger charge is 2.30. The van der Waals surface area contributed by atoms with Crippen LogP contribution in [0.2, 0.25) is 0 Å². The number of nitrogens with one attached hydrogen (secondary N) is 1. The van der Waals surface area contributed by atoms with Crippen molar-refractivity contribution < 1.29 is 22.1 Å². The van der Waals surface area contributed by atoms with Crippen molar-refractivity contribution in [2.75, 3.05) is 6.26 Å². The number of hydrogen-bond donors (Lipinski definition) is 2. The summed E-state index contributed by atoms with van der Waals surface area (Å²) in [7, 11) is -3.92. The van der Waals surface area contributed by atoms with E-state index in [1.165, 1.54) is 18.3 Å². The molecule has 0 saturated carbocycles. The average Bonchev–Trinajstić information content (AvgIpc) is 3.24. The maximum atomic E-state index is 13.6. The fourth-order valence-electron chi connectivity index (χ4n) is 3.80. The van der Waals surface area contributed by atoms with Crippen molar-refractivity contribution in [1.82, 2.24) is 19.7 Å². The molecule has 0 aliphatic carbocycles. The summed E-state index contributed by atoms with van der Waals surface area (Å²) >= 11 is 0. The average molecular weight is 485 g/mol. The standard InChI is InChI=1S/C23H21FN4O5S/c1-34(31,32)33-19(14-28-12-11-25-23(28)21-22(30)18(29)13-26-27-21)20(15-5-3-2-4-6-15)16-7-9-17(24)10-8-16/h2-13,19-20H,14H2,1H3,(H,26,30)(H,27,29). The number of imidazole rings is 1. The fourth-order valence-corrected chi connectivity index (χ4v) is 4.42. The summed E-state index contributed by atoms with van der Waals surface area (Å²) in [6.07, 6.45) is 3.90. The van der Waals surface area contributed by atoms with Gasteiger partial charge in [0, 0.05) is 18.3 Å². The minimum atomic E-state index is -3.92. The lowest BCUT2D eigenvalue weighted by Gasteiger charge is -2.28. The molecule has 4 rings (SSSR count). The summed E-state index contributed by atoms with van der Waals surface area (Å²) in [5.74, 6) is -1.44. The van der Waals surface area contributed by atoms with Gasteiger partial charge in [-0.15, -0.1) is 0 Å². The molecule has 4 aromatic rings. The number of benzene rings is 2. The van der Waals surface area contributed by atoms with Gasteiger partial charge >= 0.3 is 0 Å². The summed E-state index contributed by atoms with van der Waals surface area (Å²) < 4.78 is 45.2. The number of rotatable bonds is 8. The van der Waals surface area contributed by atoms with Crippen LogP contribution >= 0.6 is 0 Å². The molecular weight excluding hydrogens is 463 g/mol. The minimum Gasteiger partial charge on any atom is -0.503 e. The van der Waals surface area contributed by atoms with Crippen LogP contribution in [-0.4, -0.2) is 45.6 Å². The number of H-pyrrole nitrogens is 1. The molecule has 0 spiro atoms. The largest absolute Gasteiger partial charge is 0.503 e. The van der Waals surface area contributed by atoms with Crippen LogP contribution in [0.4, 0.5) is 4.39 Å². The van der Waals surface area contributed by atoms with Crippen molar-refractivity contribution in [3.8, 4) is 17.3 Å². The second-order valence-corrected chi connectivity index (χ2v) is 9.24. The molecule has 0 saturated heterocycles. The first-order valence-electron chi connectivity index (χ1n) is 10.2. The van der Waals surface area contributed by atoms with Crippen LogP contribution in [0.3, 0.4) is 0 Å². The number of halogens is 1. The predicted molar refractivity (Wildman–Crippen MR) is 122 cm³/mol. The number of aromatic nitrogens is 4. The van der Waals surface area contributed by atoms with Crippen LogP contribution in [-0.2, 0) is 20.8 Å². The molecule has 2 heterocycles. The molecule has 176 valence electrons. The van der Waals surface area contributed by atoms with E-state index < -0.39 is 39.1 Å². The van der Waals surface area contributed by atoms with Crippen LogP contribution < -0.4 is 5.43 Å². The molecule has 11 heteroatoms. The SMILES string of the molecule is CS(=O)(=O)OC(Cn1ccnc1-c1[nH]ncc(=O)c1O)C(c1ccccc1)c1ccc(F)cc1. The van der Waals surface area contributed by atoms with Gasteiger partial charge in [0.15, 0.2) is 11.6 Å². The van der Waals surface area contributed by atoms with Gasteiger partial charge in [0.2, 0.25) is 5.43 Å². The molecule has 2 unspecified atom stereocenters. The van der Waals surface area contributed by atoms with Crippen molar-refractivity contribution in [3.05, 3.63) is 100 Å². The summed E-state index contributed by atoms with van der Waals surface area (Å²) in [5, 5.41) is 16.5. The van der Waals surface area contributed by atoms with Crippen molar-refractivity contribution in [2.24, 2.45) is 0 Å². The molecule has 9 nitrogen and oxygen atoms in total. The van der Waals surface area contributed by atoms with Crippen LogP contribution in [0.15, 0.2) is 78.0 Å². The molecule has 2 aromatic carbocycles. The summed E-state index contributed by atoms with van der Waals surface area (Å²) in [5.41, 5.74) is 0.678. The van der Waals surface area contributed by atoms with E-state index in [4.69, 9.17) is 4.18 Å². The summed E-state index contributed by atoms with van der Waals surface area (Å²) in [6, 6.07) is 14.8. The van der Waals surface area contributed by atoms with E-state index in [0.717, 1.165) is 18.0 Å². The van der Waals surface area contributed by atoms with E-state index in [2.05, 4.69) is 15.2 Å². The Kier molecular flexibility index (Phi) is 6.57. The molecule has 2 aromatic heterocycles. The van der Waals surface area contributed by atoms with E-state index in [1.54, 1.807) is 22.9 Å². The Bertz CT molecular complexity index is 1440. The Hall–Kier alpha value is -3.83. The first kappa shape index (κ1) is 23.3. The highest BCUT2D eigenvalue weighted by atomic mass is 32.2. The maximum absolute atomic E-state index is 13.6. The Morgan fingerprint density at radius 1 is 1.12 bits per heavy atom. The van der Waals surface area contributed by atoms with Gasteiger partial charge in [-0.3, -0.25) is 14.1 Å². The van der Waals surface area contributed by atoms with Crippen molar-refractivity contribution in [3.63, 3.8) is 0 Å². The molecule has 0 aliphatic heterocycles. The Balaban J connectivity index is 1.82. The summed E-state index contributed by atoms with van der Waals surface area (Å²) in [6.45, 7) is -0.0320. The molecule has 0 bridgehead atoms. The molecule has 34 heavy (non-hydrogen) atoms. The second-order valence-electron chi connectivity index (χ2n) is 7.64. The van der Waals surface area contributed by atoms with E-state index >= 15 is 0 Å².